The van der Waals surface area contributed by atoms with Crippen LogP contribution >= 0.6 is 39.1 Å². The third kappa shape index (κ3) is 32.7. The van der Waals surface area contributed by atoms with E-state index < -0.39 is 11.7 Å². The number of rotatable bonds is 33. The van der Waals surface area contributed by atoms with Gasteiger partial charge in [0, 0.05) is 27.5 Å². The quantitative estimate of drug-likeness (QED) is 0.0472. The number of phenols is 1. The molecule has 4 atom stereocenters. The zero-order valence-electron chi connectivity index (χ0n) is 55.8. The van der Waals surface area contributed by atoms with Crippen LogP contribution in [0.2, 0.25) is 0 Å². The Bertz CT molecular complexity index is 2310. The van der Waals surface area contributed by atoms with Crippen molar-refractivity contribution in [3.63, 3.8) is 0 Å². The summed E-state index contributed by atoms with van der Waals surface area (Å²) < 4.78 is 85.2. The minimum atomic E-state index is -2.18. The molecule has 0 aliphatic rings. The molecule has 0 spiro atoms. The van der Waals surface area contributed by atoms with E-state index in [0.29, 0.717) is 42.3 Å². The van der Waals surface area contributed by atoms with Crippen molar-refractivity contribution in [1.82, 2.24) is 0 Å². The van der Waals surface area contributed by atoms with Crippen LogP contribution in [0.25, 0.3) is 6.05 Å². The maximum atomic E-state index is 8.80. The highest BCUT2D eigenvalue weighted by Gasteiger charge is 2.15. The van der Waals surface area contributed by atoms with Crippen LogP contribution in [-0.4, -0.2) is 58.7 Å². The smallest absolute Gasteiger partial charge is 0.127 e. The van der Waals surface area contributed by atoms with Crippen molar-refractivity contribution < 1.29 is 46.5 Å². The van der Waals surface area contributed by atoms with Crippen molar-refractivity contribution in [2.45, 2.75) is 184 Å². The van der Waals surface area contributed by atoms with Crippen LogP contribution in [0, 0.1) is 30.6 Å². The third-order valence-corrected chi connectivity index (χ3v) is 14.5. The number of unbranched alkanes of at least 4 members (excludes halogenated alkanes) is 4. The van der Waals surface area contributed by atoms with E-state index in [4.69, 9.17) is 69.7 Å². The Morgan fingerprint density at radius 2 is 0.909 bits per heavy atom. The maximum absolute atomic E-state index is 8.80. The van der Waals surface area contributed by atoms with E-state index in [9.17, 15) is 0 Å². The lowest BCUT2D eigenvalue weighted by Gasteiger charge is -2.18. The number of aromatic hydroxyl groups is 1. The van der Waals surface area contributed by atoms with Gasteiger partial charge < -0.3 is 38.3 Å². The highest BCUT2D eigenvalue weighted by atomic mass is 79.9. The number of halogens is 3. The molecule has 4 unspecified atom stereocenters. The van der Waals surface area contributed by atoms with E-state index >= 15 is 0 Å². The van der Waals surface area contributed by atoms with E-state index in [1.54, 1.807) is 58.6 Å². The predicted octanol–water partition coefficient (Wildman–Crippen LogP) is 20.7. The monoisotopic (exact) mass is 1180 g/mol. The number of hydrogen-bond donors (Lipinski definition) is 1. The van der Waals surface area contributed by atoms with Crippen molar-refractivity contribution in [2.75, 3.05) is 53.6 Å². The third-order valence-electron chi connectivity index (χ3n) is 13.2. The first-order valence-electron chi connectivity index (χ1n) is 31.3. The van der Waals surface area contributed by atoms with Gasteiger partial charge in [-0.2, -0.15) is 0 Å². The molecule has 11 heteroatoms. The fraction of sp³-hybridized carbons (Fsp3) is 0.606. The topological polar surface area (TPSA) is 84.8 Å². The first-order valence-corrected chi connectivity index (χ1v) is 30.2. The number of allylic oxidation sites excluding steroid dienone is 1. The summed E-state index contributed by atoms with van der Waals surface area (Å²) >= 11 is 15.2. The average molecular weight is 1180 g/mol. The van der Waals surface area contributed by atoms with Crippen molar-refractivity contribution in [1.29, 1.82) is 0 Å². The van der Waals surface area contributed by atoms with Crippen LogP contribution in [0.5, 0.6) is 46.0 Å². The fourth-order valence-electron chi connectivity index (χ4n) is 7.69. The number of aryl methyl sites for hydroxylation is 1. The Morgan fingerprint density at radius 1 is 0.519 bits per heavy atom. The van der Waals surface area contributed by atoms with Crippen molar-refractivity contribution >= 4 is 45.2 Å². The van der Waals surface area contributed by atoms with E-state index in [0.717, 1.165) is 73.2 Å². The predicted molar refractivity (Wildman–Crippen MR) is 336 cm³/mol. The first kappa shape index (κ1) is 62.3. The SMILES string of the molecule is CCCCC(CC)CBr.CCCCC(CC)COc1ccc(OC)cc1.COc1ccc(O)cc1.[2H]/C(C)=C(/[2H])c1cc(OC)c(C)cc1OCC(CC)CCCC.[2H]C([2H])(Cl)c1cc(OCC(CC)CCCC)c(C([2H])([2H])Cl)cc1OC. The van der Waals surface area contributed by atoms with E-state index in [-0.39, 0.29) is 40.5 Å². The van der Waals surface area contributed by atoms with E-state index in [2.05, 4.69) is 71.3 Å². The van der Waals surface area contributed by atoms with Gasteiger partial charge in [-0.15, -0.1) is 23.2 Å². The summed E-state index contributed by atoms with van der Waals surface area (Å²) in [6.07, 6.45) is 19.3. The van der Waals surface area contributed by atoms with Crippen molar-refractivity contribution in [3.8, 4) is 46.0 Å². The van der Waals surface area contributed by atoms with Crippen LogP contribution in [0.4, 0.5) is 0 Å². The molecule has 4 aromatic rings. The number of ether oxygens (including phenoxy) is 7. The maximum Gasteiger partial charge on any atom is 0.127 e. The van der Waals surface area contributed by atoms with Gasteiger partial charge in [0.2, 0.25) is 0 Å². The molecule has 0 aromatic heterocycles. The second-order valence-corrected chi connectivity index (χ2v) is 20.1. The number of hydrogen-bond acceptors (Lipinski definition) is 8. The van der Waals surface area contributed by atoms with E-state index in [1.165, 1.54) is 95.2 Å². The van der Waals surface area contributed by atoms with Crippen molar-refractivity contribution in [2.24, 2.45) is 23.7 Å². The molecule has 1 N–H and O–H groups in total. The molecule has 438 valence electrons. The van der Waals surface area contributed by atoms with Crippen LogP contribution in [-0.2, 0) is 11.7 Å². The average Bonchev–Trinajstić information content (AvgIpc) is 3.68. The van der Waals surface area contributed by atoms with Crippen LogP contribution in [0.3, 0.4) is 0 Å². The zero-order valence-corrected chi connectivity index (χ0v) is 52.9. The van der Waals surface area contributed by atoms with Crippen LogP contribution < -0.4 is 33.2 Å². The Kier molecular flexibility index (Phi) is 38.8. The van der Waals surface area contributed by atoms with Gasteiger partial charge >= 0.3 is 0 Å². The number of benzene rings is 4. The van der Waals surface area contributed by atoms with Crippen LogP contribution in [0.1, 0.15) is 196 Å². The summed E-state index contributed by atoms with van der Waals surface area (Å²) in [6, 6.07) is 21.2. The van der Waals surface area contributed by atoms with Crippen LogP contribution in [0.15, 0.2) is 78.8 Å². The molecule has 0 saturated heterocycles. The molecule has 0 amide bonds. The van der Waals surface area contributed by atoms with Gasteiger partial charge in [-0.1, -0.05) is 160 Å². The lowest BCUT2D eigenvalue weighted by atomic mass is 10.0. The van der Waals surface area contributed by atoms with Crippen molar-refractivity contribution in [3.05, 3.63) is 101 Å². The lowest BCUT2D eigenvalue weighted by molar-refractivity contribution is 0.231. The lowest BCUT2D eigenvalue weighted by Crippen LogP contribution is -2.12. The highest BCUT2D eigenvalue weighted by molar-refractivity contribution is 9.09. The summed E-state index contributed by atoms with van der Waals surface area (Å²) in [5.41, 5.74) is 1.78. The molecule has 0 radical (unpaired) electrons. The molecule has 0 saturated carbocycles. The minimum Gasteiger partial charge on any atom is -0.508 e. The molecule has 0 aliphatic carbocycles. The largest absolute Gasteiger partial charge is 0.508 e. The molecule has 0 aliphatic heterocycles. The highest BCUT2D eigenvalue weighted by Crippen LogP contribution is 2.33. The van der Waals surface area contributed by atoms with Gasteiger partial charge in [-0.05, 0) is 142 Å². The standard InChI is InChI=1S/C19H30O2.C17H26Cl2O2.C15H24O2.C8H17Br.C7H8O2/c1-6-9-11-16(8-3)14-21-19-12-15(4)18(20-5)13-17(19)10-7-2;1-4-6-7-13(5-2)12-21-17-9-14(10-18)16(20-3)8-15(17)11-19;1-4-6-7-13(5-2)12-17-15-10-8-14(16-3)9-11-15;1-3-5-6-8(4-2)7-9;1-9-7-4-2-6(8)3-5-7/h7,10,12-13,16H,6,8-9,11,14H2,1-5H3;8-9,13H,4-7,10-12H2,1-3H3;8-11,13H,4-7,12H2,1-3H3;8H,3-7H2,1-2H3;2-5,8H,1H3/b10-7+;;;;/i7D,10D;10D2,11D2;;;. The second kappa shape index (κ2) is 48.0. The van der Waals surface area contributed by atoms with Gasteiger partial charge in [-0.25, -0.2) is 0 Å². The summed E-state index contributed by atoms with van der Waals surface area (Å²) in [7, 11) is 6.25. The fourth-order valence-corrected chi connectivity index (χ4v) is 8.77. The Hall–Kier alpha value is -3.92. The molecule has 0 fully saturated rings. The van der Waals surface area contributed by atoms with Gasteiger partial charge in [0.1, 0.15) is 46.0 Å². The van der Waals surface area contributed by atoms with Gasteiger partial charge in [0.15, 0.2) is 0 Å². The molecule has 4 rings (SSSR count). The van der Waals surface area contributed by atoms with Gasteiger partial charge in [0.05, 0.1) is 62.7 Å². The van der Waals surface area contributed by atoms with E-state index in [1.807, 2.05) is 37.3 Å². The van der Waals surface area contributed by atoms with Gasteiger partial charge in [-0.3, -0.25) is 0 Å². The number of alkyl halides is 3. The Labute approximate surface area is 497 Å². The number of phenolic OH excluding ortho intramolecular Hbond substituents is 1. The summed E-state index contributed by atoms with van der Waals surface area (Å²) in [6.45, 7) is 23.1. The molecular formula is C66H105BrCl2O8. The molecular weight excluding hydrogens is 1070 g/mol. The first-order chi connectivity index (χ1) is 39.4. The van der Waals surface area contributed by atoms with Gasteiger partial charge in [0.25, 0.3) is 0 Å². The second-order valence-electron chi connectivity index (χ2n) is 19.1. The molecule has 0 heterocycles. The summed E-state index contributed by atoms with van der Waals surface area (Å²) in [5, 5.41) is 9.98. The molecule has 4 aromatic carbocycles. The normalized spacial score (nSPS) is 13.9. The number of methoxy groups -OCH3 is 4. The summed E-state index contributed by atoms with van der Waals surface area (Å²) in [4.78, 5) is 0. The minimum absolute atomic E-state index is 0.0814. The summed E-state index contributed by atoms with van der Waals surface area (Å²) in [5.74, 6) is 2.65. The molecule has 8 nitrogen and oxygen atoms in total. The zero-order chi connectivity index (χ0) is 63.0. The Morgan fingerprint density at radius 3 is 1.30 bits per heavy atom. The molecule has 0 bridgehead atoms. The Balaban J connectivity index is 0.00000107. The molecule has 77 heavy (non-hydrogen) atoms.